The minimum absolute atomic E-state index is 0.231. The van der Waals surface area contributed by atoms with Gasteiger partial charge >= 0.3 is 0 Å². The Balaban J connectivity index is 1.61. The number of aliphatic hydroxyl groups excluding tert-OH is 8. The zero-order valence-corrected chi connectivity index (χ0v) is 54.9. The van der Waals surface area contributed by atoms with Crippen LogP contribution in [0.2, 0.25) is 0 Å². The van der Waals surface area contributed by atoms with E-state index in [0.29, 0.717) is 0 Å². The maximum Gasteiger partial charge on any atom is 0.220 e. The third-order valence-electron chi connectivity index (χ3n) is 18.2. The van der Waals surface area contributed by atoms with Gasteiger partial charge in [0.15, 0.2) is 12.6 Å². The largest absolute Gasteiger partial charge is 0.394 e. The van der Waals surface area contributed by atoms with Gasteiger partial charge in [0.25, 0.3) is 0 Å². The van der Waals surface area contributed by atoms with Crippen LogP contribution in [0.1, 0.15) is 341 Å². The first-order valence-electron chi connectivity index (χ1n) is 36.4. The molecule has 0 saturated carbocycles. The molecule has 1 amide bonds. The standard InChI is InChI=1S/C71H137NO13/c1-3-5-7-9-11-13-15-17-19-21-23-24-25-26-27-28-29-30-31-32-33-34-35-36-37-39-41-43-45-47-49-51-53-55-63(76)72-59(60(75)54-52-50-48-46-44-42-40-38-22-20-18-16-14-12-10-8-6-4-2)58-82-70-68(81)66(79)69(62(57-74)84-70)85-71-67(80)65(78)64(77)61(56-73)83-71/h52,54,59-62,64-71,73-75,77-81H,3-51,53,55-58H2,1-2H3,(H,72,76)/b54-52+. The van der Waals surface area contributed by atoms with Gasteiger partial charge in [0, 0.05) is 6.42 Å². The molecular weight excluding hydrogens is 1070 g/mol. The molecule has 0 aromatic rings. The van der Waals surface area contributed by atoms with Crippen molar-refractivity contribution in [2.45, 2.75) is 415 Å². The molecule has 85 heavy (non-hydrogen) atoms. The monoisotopic (exact) mass is 1210 g/mol. The predicted octanol–water partition coefficient (Wildman–Crippen LogP) is 15.0. The van der Waals surface area contributed by atoms with Gasteiger partial charge in [0.2, 0.25) is 5.91 Å². The minimum atomic E-state index is -1.79. The molecule has 0 bridgehead atoms. The Morgan fingerprint density at radius 3 is 1.08 bits per heavy atom. The third-order valence-corrected chi connectivity index (χ3v) is 18.2. The van der Waals surface area contributed by atoms with E-state index < -0.39 is 86.8 Å². The van der Waals surface area contributed by atoms with Crippen molar-refractivity contribution in [3.05, 3.63) is 12.2 Å². The molecular formula is C71H137NO13. The highest BCUT2D eigenvalue weighted by Crippen LogP contribution is 2.30. The predicted molar refractivity (Wildman–Crippen MR) is 346 cm³/mol. The van der Waals surface area contributed by atoms with Crippen LogP contribution < -0.4 is 5.32 Å². The number of nitrogens with one attached hydrogen (secondary N) is 1. The van der Waals surface area contributed by atoms with Crippen molar-refractivity contribution in [1.29, 1.82) is 0 Å². The second-order valence-corrected chi connectivity index (χ2v) is 26.1. The summed E-state index contributed by atoms with van der Waals surface area (Å²) in [5.74, 6) is -0.231. The SMILES string of the molecule is CCCCCCCCCCCCCCCCCC/C=C/C(O)C(COC1OC(CO)C(OC2OC(CO)C(O)C(O)C2O)C(O)C1O)NC(=O)CCCCCCCCCCCCCCCCCCCCCCCCCCCCCCCCCCC. The molecule has 0 aromatic carbocycles. The smallest absolute Gasteiger partial charge is 0.220 e. The second-order valence-electron chi connectivity index (χ2n) is 26.1. The second kappa shape index (κ2) is 56.7. The van der Waals surface area contributed by atoms with Gasteiger partial charge in [-0.2, -0.15) is 0 Å². The van der Waals surface area contributed by atoms with Gasteiger partial charge in [-0.05, 0) is 19.3 Å². The molecule has 2 aliphatic rings. The number of hydrogen-bond donors (Lipinski definition) is 9. The first-order chi connectivity index (χ1) is 41.6. The molecule has 2 fully saturated rings. The third kappa shape index (κ3) is 41.0. The van der Waals surface area contributed by atoms with Crippen LogP contribution in [0.15, 0.2) is 12.2 Å². The lowest BCUT2D eigenvalue weighted by atomic mass is 9.97. The quantitative estimate of drug-likeness (QED) is 0.0204. The summed E-state index contributed by atoms with van der Waals surface area (Å²) in [4.78, 5) is 13.3. The lowest BCUT2D eigenvalue weighted by molar-refractivity contribution is -0.359. The fourth-order valence-corrected chi connectivity index (χ4v) is 12.4. The summed E-state index contributed by atoms with van der Waals surface area (Å²) in [6.07, 6.45) is 52.9. The zero-order chi connectivity index (χ0) is 61.6. The van der Waals surface area contributed by atoms with E-state index in [0.717, 1.165) is 44.9 Å². The first kappa shape index (κ1) is 79.8. The lowest BCUT2D eigenvalue weighted by Crippen LogP contribution is -2.65. The van der Waals surface area contributed by atoms with Crippen LogP contribution in [0.3, 0.4) is 0 Å². The zero-order valence-electron chi connectivity index (χ0n) is 54.9. The summed E-state index contributed by atoms with van der Waals surface area (Å²) in [6.45, 7) is 2.86. The van der Waals surface area contributed by atoms with Crippen LogP contribution in [0.5, 0.6) is 0 Å². The Morgan fingerprint density at radius 2 is 0.729 bits per heavy atom. The number of aliphatic hydroxyl groups is 8. The Labute approximate surface area is 520 Å². The molecule has 14 heteroatoms. The van der Waals surface area contributed by atoms with Crippen LogP contribution in [0.25, 0.3) is 0 Å². The molecule has 2 aliphatic heterocycles. The van der Waals surface area contributed by atoms with E-state index >= 15 is 0 Å². The van der Waals surface area contributed by atoms with Crippen molar-refractivity contribution in [2.75, 3.05) is 19.8 Å². The van der Waals surface area contributed by atoms with Gasteiger partial charge in [0.1, 0.15) is 48.8 Å². The summed E-state index contributed by atoms with van der Waals surface area (Å²) in [5, 5.41) is 87.4. The van der Waals surface area contributed by atoms with E-state index in [2.05, 4.69) is 19.2 Å². The maximum atomic E-state index is 13.3. The van der Waals surface area contributed by atoms with E-state index in [1.54, 1.807) is 6.08 Å². The molecule has 2 heterocycles. The molecule has 9 N–H and O–H groups in total. The van der Waals surface area contributed by atoms with E-state index in [9.17, 15) is 45.6 Å². The van der Waals surface area contributed by atoms with Crippen molar-refractivity contribution in [1.82, 2.24) is 5.32 Å². The Kier molecular flexibility index (Phi) is 53.2. The fraction of sp³-hybridized carbons (Fsp3) is 0.958. The van der Waals surface area contributed by atoms with Gasteiger partial charge in [-0.1, -0.05) is 328 Å². The van der Waals surface area contributed by atoms with Crippen LogP contribution in [-0.2, 0) is 23.7 Å². The van der Waals surface area contributed by atoms with E-state index in [1.165, 1.54) is 276 Å². The molecule has 2 saturated heterocycles. The van der Waals surface area contributed by atoms with Gasteiger partial charge in [-0.25, -0.2) is 0 Å². The summed E-state index contributed by atoms with van der Waals surface area (Å²) < 4.78 is 22.9. The molecule has 0 spiro atoms. The summed E-state index contributed by atoms with van der Waals surface area (Å²) >= 11 is 0. The fourth-order valence-electron chi connectivity index (χ4n) is 12.4. The minimum Gasteiger partial charge on any atom is -0.394 e. The van der Waals surface area contributed by atoms with Crippen LogP contribution >= 0.6 is 0 Å². The Morgan fingerprint density at radius 1 is 0.412 bits per heavy atom. The normalized spacial score (nSPS) is 23.5. The molecule has 14 nitrogen and oxygen atoms in total. The topological polar surface area (TPSA) is 228 Å². The van der Waals surface area contributed by atoms with Crippen molar-refractivity contribution < 1.29 is 64.6 Å². The highest BCUT2D eigenvalue weighted by molar-refractivity contribution is 5.76. The number of carbonyl (C=O) groups excluding carboxylic acids is 1. The maximum absolute atomic E-state index is 13.3. The van der Waals surface area contributed by atoms with E-state index in [4.69, 9.17) is 18.9 Å². The summed E-state index contributed by atoms with van der Waals surface area (Å²) in [5.41, 5.74) is 0. The number of carbonyl (C=O) groups is 1. The van der Waals surface area contributed by atoms with E-state index in [-0.39, 0.29) is 18.9 Å². The molecule has 12 unspecified atom stereocenters. The van der Waals surface area contributed by atoms with E-state index in [1.807, 2.05) is 6.08 Å². The van der Waals surface area contributed by atoms with Gasteiger partial charge < -0.3 is 65.1 Å². The van der Waals surface area contributed by atoms with Crippen molar-refractivity contribution >= 4 is 5.91 Å². The molecule has 504 valence electrons. The van der Waals surface area contributed by atoms with Crippen molar-refractivity contribution in [3.63, 3.8) is 0 Å². The highest BCUT2D eigenvalue weighted by atomic mass is 16.7. The average molecular weight is 1210 g/mol. The average Bonchev–Trinajstić information content (AvgIpc) is 3.52. The molecule has 0 radical (unpaired) electrons. The van der Waals surface area contributed by atoms with Crippen LogP contribution in [0, 0.1) is 0 Å². The number of amides is 1. The van der Waals surface area contributed by atoms with Gasteiger partial charge in [0.05, 0.1) is 32.0 Å². The van der Waals surface area contributed by atoms with Crippen molar-refractivity contribution in [2.24, 2.45) is 0 Å². The molecule has 12 atom stereocenters. The van der Waals surface area contributed by atoms with Crippen molar-refractivity contribution in [3.8, 4) is 0 Å². The Bertz CT molecular complexity index is 1470. The number of allylic oxidation sites excluding steroid dienone is 1. The number of ether oxygens (including phenoxy) is 4. The molecule has 0 aromatic heterocycles. The van der Waals surface area contributed by atoms with Gasteiger partial charge in [-0.3, -0.25) is 4.79 Å². The van der Waals surface area contributed by atoms with Gasteiger partial charge in [-0.15, -0.1) is 0 Å². The number of hydrogen-bond acceptors (Lipinski definition) is 13. The Hall–Kier alpha value is -1.27. The molecule has 2 rings (SSSR count). The summed E-state index contributed by atoms with van der Waals surface area (Å²) in [7, 11) is 0. The molecule has 0 aliphatic carbocycles. The highest BCUT2D eigenvalue weighted by Gasteiger charge is 2.51. The first-order valence-corrected chi connectivity index (χ1v) is 36.4. The lowest BCUT2D eigenvalue weighted by Gasteiger charge is -2.46. The van der Waals surface area contributed by atoms with Crippen LogP contribution in [-0.4, -0.2) is 140 Å². The number of rotatable bonds is 61. The van der Waals surface area contributed by atoms with Crippen LogP contribution in [0.4, 0.5) is 0 Å². The number of unbranched alkanes of at least 4 members (excludes halogenated alkanes) is 48. The summed E-state index contributed by atoms with van der Waals surface area (Å²) in [6, 6.07) is -0.911.